The number of hydrogen-bond donors (Lipinski definition) is 1. The number of nitro benzene ring substituents is 1. The van der Waals surface area contributed by atoms with Gasteiger partial charge in [-0.1, -0.05) is 18.7 Å². The highest BCUT2D eigenvalue weighted by molar-refractivity contribution is 5.98. The summed E-state index contributed by atoms with van der Waals surface area (Å²) in [5.41, 5.74) is 1.03. The molecule has 1 amide bonds. The van der Waals surface area contributed by atoms with E-state index in [4.69, 9.17) is 0 Å². The van der Waals surface area contributed by atoms with Gasteiger partial charge in [0.15, 0.2) is 0 Å². The van der Waals surface area contributed by atoms with Gasteiger partial charge in [0.25, 0.3) is 11.6 Å². The van der Waals surface area contributed by atoms with Crippen LogP contribution in [0.4, 0.5) is 5.69 Å². The summed E-state index contributed by atoms with van der Waals surface area (Å²) in [5, 5.41) is 13.8. The molecule has 1 aromatic rings. The SMILES string of the molecule is C=C(C=O)/C=C1/NC(c2cccc([N+](=O)[O-])c2)=CC(=O)N1C. The molecule has 0 saturated carbocycles. The Hall–Kier alpha value is -3.22. The Labute approximate surface area is 126 Å². The number of rotatable bonds is 4. The van der Waals surface area contributed by atoms with Crippen LogP contribution in [-0.4, -0.2) is 29.1 Å². The summed E-state index contributed by atoms with van der Waals surface area (Å²) in [5.74, 6) is 0.0521. The smallest absolute Gasteiger partial charge is 0.270 e. The Morgan fingerprint density at radius 2 is 2.18 bits per heavy atom. The zero-order valence-electron chi connectivity index (χ0n) is 11.8. The first-order valence-corrected chi connectivity index (χ1v) is 6.29. The van der Waals surface area contributed by atoms with Crippen LogP contribution in [0.3, 0.4) is 0 Å². The Kier molecular flexibility index (Phi) is 4.17. The fraction of sp³-hybridized carbons (Fsp3) is 0.0667. The molecule has 0 unspecified atom stereocenters. The number of benzene rings is 1. The van der Waals surface area contributed by atoms with Crippen LogP contribution in [0, 0.1) is 10.1 Å². The highest BCUT2D eigenvalue weighted by Gasteiger charge is 2.21. The van der Waals surface area contributed by atoms with Crippen molar-refractivity contribution < 1.29 is 14.5 Å². The molecule has 112 valence electrons. The number of hydrogen-bond acceptors (Lipinski definition) is 5. The van der Waals surface area contributed by atoms with Gasteiger partial charge in [0.2, 0.25) is 0 Å². The van der Waals surface area contributed by atoms with Crippen LogP contribution < -0.4 is 5.32 Å². The van der Waals surface area contributed by atoms with Crippen molar-refractivity contribution in [3.8, 4) is 0 Å². The van der Waals surface area contributed by atoms with Gasteiger partial charge in [0.05, 0.1) is 10.6 Å². The molecule has 2 rings (SSSR count). The van der Waals surface area contributed by atoms with Crippen LogP contribution in [0.1, 0.15) is 5.56 Å². The highest BCUT2D eigenvalue weighted by atomic mass is 16.6. The van der Waals surface area contributed by atoms with Crippen molar-refractivity contribution >= 4 is 23.6 Å². The second-order valence-electron chi connectivity index (χ2n) is 4.61. The standard InChI is InChI=1S/C15H13N3O4/c1-10(9-19)6-14-16-13(8-15(20)17(14)2)11-4-3-5-12(7-11)18(21)22/h3-9,16H,1H2,2H3/b14-6-. The van der Waals surface area contributed by atoms with E-state index in [0.717, 1.165) is 0 Å². The third-order valence-corrected chi connectivity index (χ3v) is 3.06. The van der Waals surface area contributed by atoms with Crippen molar-refractivity contribution in [2.24, 2.45) is 0 Å². The predicted octanol–water partition coefficient (Wildman–Crippen LogP) is 1.59. The highest BCUT2D eigenvalue weighted by Crippen LogP contribution is 2.23. The molecule has 1 aliphatic rings. The topological polar surface area (TPSA) is 92.5 Å². The van der Waals surface area contributed by atoms with Gasteiger partial charge in [-0.3, -0.25) is 24.6 Å². The van der Waals surface area contributed by atoms with Crippen LogP contribution >= 0.6 is 0 Å². The lowest BCUT2D eigenvalue weighted by Gasteiger charge is -2.27. The minimum atomic E-state index is -0.508. The molecule has 0 spiro atoms. The molecule has 0 fully saturated rings. The third-order valence-electron chi connectivity index (χ3n) is 3.06. The van der Waals surface area contributed by atoms with Crippen molar-refractivity contribution in [2.45, 2.75) is 0 Å². The number of amides is 1. The Morgan fingerprint density at radius 3 is 2.82 bits per heavy atom. The van der Waals surface area contributed by atoms with Gasteiger partial charge >= 0.3 is 0 Å². The van der Waals surface area contributed by atoms with Gasteiger partial charge in [0, 0.05) is 36.4 Å². The maximum absolute atomic E-state index is 12.0. The Balaban J connectivity index is 2.41. The van der Waals surface area contributed by atoms with E-state index in [1.54, 1.807) is 13.1 Å². The number of non-ortho nitro benzene ring substituents is 1. The van der Waals surface area contributed by atoms with Crippen molar-refractivity contribution in [2.75, 3.05) is 7.05 Å². The molecule has 22 heavy (non-hydrogen) atoms. The number of nitro groups is 1. The monoisotopic (exact) mass is 299 g/mol. The number of nitrogens with one attached hydrogen (secondary N) is 1. The van der Waals surface area contributed by atoms with Gasteiger partial charge in [-0.15, -0.1) is 0 Å². The lowest BCUT2D eigenvalue weighted by atomic mass is 10.1. The molecule has 0 aromatic heterocycles. The number of allylic oxidation sites excluding steroid dienone is 2. The summed E-state index contributed by atoms with van der Waals surface area (Å²) < 4.78 is 0. The molecule has 1 aromatic carbocycles. The van der Waals surface area contributed by atoms with Gasteiger partial charge in [-0.05, 0) is 6.08 Å². The maximum Gasteiger partial charge on any atom is 0.270 e. The van der Waals surface area contributed by atoms with Crippen molar-refractivity contribution in [1.29, 1.82) is 0 Å². The quantitative estimate of drug-likeness (QED) is 0.394. The lowest BCUT2D eigenvalue weighted by molar-refractivity contribution is -0.384. The molecule has 1 heterocycles. The van der Waals surface area contributed by atoms with Crippen molar-refractivity contribution in [3.63, 3.8) is 0 Å². The fourth-order valence-corrected chi connectivity index (χ4v) is 1.88. The zero-order valence-corrected chi connectivity index (χ0v) is 11.8. The van der Waals surface area contributed by atoms with E-state index in [9.17, 15) is 19.7 Å². The molecular weight excluding hydrogens is 286 g/mol. The van der Waals surface area contributed by atoms with E-state index >= 15 is 0 Å². The van der Waals surface area contributed by atoms with Crippen molar-refractivity contribution in [3.05, 3.63) is 70.1 Å². The summed E-state index contributed by atoms with van der Waals surface area (Å²) in [6.07, 6.45) is 3.33. The second kappa shape index (κ2) is 6.04. The van der Waals surface area contributed by atoms with Gasteiger partial charge in [-0.2, -0.15) is 0 Å². The predicted molar refractivity (Wildman–Crippen MR) is 80.3 cm³/mol. The minimum Gasteiger partial charge on any atom is -0.341 e. The molecule has 0 radical (unpaired) electrons. The molecule has 7 nitrogen and oxygen atoms in total. The van der Waals surface area contributed by atoms with Gasteiger partial charge in [0.1, 0.15) is 12.1 Å². The Bertz CT molecular complexity index is 734. The summed E-state index contributed by atoms with van der Waals surface area (Å²) in [6.45, 7) is 3.53. The van der Waals surface area contributed by atoms with Crippen LogP contribution in [0.5, 0.6) is 0 Å². The summed E-state index contributed by atoms with van der Waals surface area (Å²) in [4.78, 5) is 34.3. The average Bonchev–Trinajstić information content (AvgIpc) is 2.51. The number of nitrogens with zero attached hydrogens (tertiary/aromatic N) is 2. The molecule has 1 N–H and O–H groups in total. The number of likely N-dealkylation sites (N-methyl/N-ethyl adjacent to an activating group) is 1. The molecule has 0 aliphatic carbocycles. The number of carbonyl (C=O) groups excluding carboxylic acids is 2. The van der Waals surface area contributed by atoms with Gasteiger partial charge < -0.3 is 5.32 Å². The maximum atomic E-state index is 12.0. The largest absolute Gasteiger partial charge is 0.341 e. The fourth-order valence-electron chi connectivity index (χ4n) is 1.88. The third kappa shape index (κ3) is 3.09. The van der Waals surface area contributed by atoms with Crippen molar-refractivity contribution in [1.82, 2.24) is 10.2 Å². The van der Waals surface area contributed by atoms with E-state index < -0.39 is 4.92 Å². The molecule has 0 bridgehead atoms. The summed E-state index contributed by atoms with van der Waals surface area (Å²) in [6, 6.07) is 5.92. The molecule has 7 heteroatoms. The van der Waals surface area contributed by atoms with E-state index in [0.29, 0.717) is 23.4 Å². The first-order valence-electron chi connectivity index (χ1n) is 6.29. The van der Waals surface area contributed by atoms with Crippen LogP contribution in [-0.2, 0) is 9.59 Å². The molecular formula is C15H13N3O4. The second-order valence-corrected chi connectivity index (χ2v) is 4.61. The molecule has 0 atom stereocenters. The molecule has 0 saturated heterocycles. The Morgan fingerprint density at radius 1 is 1.45 bits per heavy atom. The average molecular weight is 299 g/mol. The summed E-state index contributed by atoms with van der Waals surface area (Å²) in [7, 11) is 1.54. The lowest BCUT2D eigenvalue weighted by Crippen LogP contribution is -2.36. The zero-order chi connectivity index (χ0) is 16.3. The van der Waals surface area contributed by atoms with E-state index in [-0.39, 0.29) is 17.2 Å². The van der Waals surface area contributed by atoms with E-state index in [2.05, 4.69) is 11.9 Å². The normalized spacial score (nSPS) is 16.0. The molecule has 1 aliphatic heterocycles. The van der Waals surface area contributed by atoms with Gasteiger partial charge in [-0.25, -0.2) is 0 Å². The minimum absolute atomic E-state index is 0.0746. The number of aldehydes is 1. The first kappa shape index (κ1) is 15.2. The first-order chi connectivity index (χ1) is 10.4. The number of carbonyl (C=O) groups is 2. The summed E-state index contributed by atoms with van der Waals surface area (Å²) >= 11 is 0. The van der Waals surface area contributed by atoms with Crippen LogP contribution in [0.15, 0.2) is 54.4 Å². The van der Waals surface area contributed by atoms with E-state index in [1.165, 1.54) is 35.3 Å². The van der Waals surface area contributed by atoms with Crippen LogP contribution in [0.25, 0.3) is 5.70 Å². The van der Waals surface area contributed by atoms with Crippen LogP contribution in [0.2, 0.25) is 0 Å². The van der Waals surface area contributed by atoms with E-state index in [1.807, 2.05) is 0 Å².